The first kappa shape index (κ1) is 77.0. The summed E-state index contributed by atoms with van der Waals surface area (Å²) in [4.78, 5) is 93.9. The van der Waals surface area contributed by atoms with Gasteiger partial charge >= 0.3 is 17.9 Å². The molecule has 0 bridgehead atoms. The number of aliphatic hydroxyl groups excluding tert-OH is 3. The number of methoxy groups -OCH3 is 2. The minimum absolute atomic E-state index is 0. The number of hydrogen-bond acceptors (Lipinski definition) is 15. The van der Waals surface area contributed by atoms with E-state index < -0.39 is 90.6 Å². The summed E-state index contributed by atoms with van der Waals surface area (Å²) in [6, 6.07) is 14.8. The fourth-order valence-electron chi connectivity index (χ4n) is 9.54. The summed E-state index contributed by atoms with van der Waals surface area (Å²) in [7, 11) is 2.48. The molecule has 0 aromatic heterocycles. The quantitative estimate of drug-likeness (QED) is 0.0356. The van der Waals surface area contributed by atoms with E-state index in [0.717, 1.165) is 57.1 Å². The Morgan fingerprint density at radius 2 is 0.941 bits per heavy atom. The van der Waals surface area contributed by atoms with Crippen molar-refractivity contribution in [3.05, 3.63) is 95.1 Å². The maximum Gasteiger partial charge on any atom is 0.303 e. The van der Waals surface area contributed by atoms with E-state index in [2.05, 4.69) is 76.4 Å². The van der Waals surface area contributed by atoms with Crippen molar-refractivity contribution < 1.29 is 72.6 Å². The topological polar surface area (TPSA) is 257 Å². The highest BCUT2D eigenvalue weighted by atomic mass is 16.6. The summed E-state index contributed by atoms with van der Waals surface area (Å²) in [5.74, 6) is -3.80. The van der Waals surface area contributed by atoms with Crippen molar-refractivity contribution in [2.45, 2.75) is 241 Å². The van der Waals surface area contributed by atoms with E-state index in [1.54, 1.807) is 28.0 Å². The minimum atomic E-state index is -1.68. The molecule has 2 unspecified atom stereocenters. The number of esters is 3. The van der Waals surface area contributed by atoms with Gasteiger partial charge in [0, 0.05) is 61.2 Å². The van der Waals surface area contributed by atoms with Crippen LogP contribution in [-0.4, -0.2) is 155 Å². The van der Waals surface area contributed by atoms with E-state index in [-0.39, 0.29) is 49.3 Å². The lowest BCUT2D eigenvalue weighted by molar-refractivity contribution is -0.192. The van der Waals surface area contributed by atoms with Gasteiger partial charge < -0.3 is 59.4 Å². The third-order valence-corrected chi connectivity index (χ3v) is 15.0. The van der Waals surface area contributed by atoms with Crippen LogP contribution in [-0.2, 0) is 81.2 Å². The van der Waals surface area contributed by atoms with Crippen LogP contribution >= 0.6 is 0 Å². The predicted molar refractivity (Wildman–Crippen MR) is 330 cm³/mol. The predicted octanol–water partition coefficient (Wildman–Crippen LogP) is 8.35. The van der Waals surface area contributed by atoms with Crippen LogP contribution in [0.5, 0.6) is 0 Å². The first-order valence-electron chi connectivity index (χ1n) is 29.3. The Balaban J connectivity index is 0.000000849. The SMILES string of the molecule is C.C.CCC(C)/C=C/[C@@H](O)[C@H](O)[C@@H](O)[C@@H](OC)C(=O)N[C@H]1CCCCN(Cc2ccc(C(C)(C)C)cc2)C1=O.CCC(C)/C=C/[C@@H](OC(C)=O)[C@H](OC(C)=O)[C@@H](OC(C)=O)[C@@H](OC)C(=O)N[C@H]1CCCCN(Cc2ccc(C(C)(C)C)cc2)C1=O. The highest BCUT2D eigenvalue weighted by Crippen LogP contribution is 2.27. The van der Waals surface area contributed by atoms with Gasteiger partial charge in [-0.15, -0.1) is 0 Å². The second kappa shape index (κ2) is 36.9. The zero-order valence-electron chi connectivity index (χ0n) is 52.0. The molecule has 2 saturated heterocycles. The largest absolute Gasteiger partial charge is 0.455 e. The smallest absolute Gasteiger partial charge is 0.303 e. The Bertz CT molecular complexity index is 2450. The maximum atomic E-state index is 13.8. The van der Waals surface area contributed by atoms with Gasteiger partial charge in [-0.3, -0.25) is 33.6 Å². The van der Waals surface area contributed by atoms with E-state index in [4.69, 9.17) is 23.7 Å². The van der Waals surface area contributed by atoms with Gasteiger partial charge in [-0.1, -0.05) is 164 Å². The van der Waals surface area contributed by atoms with E-state index in [1.807, 2.05) is 52.0 Å². The van der Waals surface area contributed by atoms with Crippen LogP contribution in [0.2, 0.25) is 0 Å². The van der Waals surface area contributed by atoms with Crippen molar-refractivity contribution in [2.75, 3.05) is 27.3 Å². The van der Waals surface area contributed by atoms with Gasteiger partial charge in [-0.2, -0.15) is 0 Å². The number of amides is 4. The fraction of sp³-hybridized carbons (Fsp3) is 0.652. The van der Waals surface area contributed by atoms with E-state index in [1.165, 1.54) is 38.3 Å². The Morgan fingerprint density at radius 3 is 1.31 bits per heavy atom. The number of ether oxygens (including phenoxy) is 5. The Labute approximate surface area is 508 Å². The standard InChI is InChI=1S/C35H52N2O9.C29H46N2O6.2CH4/c1-10-22(2)14-19-29(44-23(3)38)30(45-24(4)39)31(46-25(5)40)32(43-9)33(41)36-28-13-11-12-20-37(34(28)42)21-26-15-17-27(18-16-26)35(6,7)8;1-7-19(2)11-16-23(32)24(33)25(34)26(37-6)27(35)30-22-10-8-9-17-31(28(22)36)18-20-12-14-21(15-13-20)29(3,4)5;;/h14-19,22,28-32H,10-13,20-21H2,1-9H3,(H,36,41);11-16,19,22-26,32-34H,7-10,17-18H2,1-6H3,(H,30,35);2*1H4/b19-14+;16-11+;;/t22?,28-,29+,30-,31+,32+;19?,22-,23+,24-,25+,26+;;/m00../s1. The lowest BCUT2D eigenvalue weighted by Gasteiger charge is -2.34. The molecule has 2 fully saturated rings. The van der Waals surface area contributed by atoms with Crippen molar-refractivity contribution in [2.24, 2.45) is 11.8 Å². The molecule has 2 aliphatic rings. The van der Waals surface area contributed by atoms with Gasteiger partial charge in [0.2, 0.25) is 11.8 Å². The zero-order valence-corrected chi connectivity index (χ0v) is 52.0. The van der Waals surface area contributed by atoms with Crippen LogP contribution in [0, 0.1) is 11.8 Å². The molecule has 480 valence electrons. The average molecular weight is 1200 g/mol. The van der Waals surface area contributed by atoms with E-state index in [0.29, 0.717) is 45.4 Å². The third-order valence-electron chi connectivity index (χ3n) is 15.0. The maximum absolute atomic E-state index is 13.8. The minimum Gasteiger partial charge on any atom is -0.455 e. The first-order chi connectivity index (χ1) is 38.9. The molecule has 0 aliphatic carbocycles. The summed E-state index contributed by atoms with van der Waals surface area (Å²) in [6.07, 6.45) is 0.263. The average Bonchev–Trinajstić information content (AvgIpc) is 3.57. The lowest BCUT2D eigenvalue weighted by Crippen LogP contribution is -2.58. The molecule has 0 saturated carbocycles. The van der Waals surface area contributed by atoms with Crippen LogP contribution in [0.1, 0.15) is 178 Å². The number of carbonyl (C=O) groups is 7. The normalized spacial score (nSPS) is 19.5. The highest BCUT2D eigenvalue weighted by molar-refractivity contribution is 5.91. The zero-order chi connectivity index (χ0) is 62.4. The van der Waals surface area contributed by atoms with Gasteiger partial charge in [0.15, 0.2) is 30.5 Å². The van der Waals surface area contributed by atoms with Crippen LogP contribution < -0.4 is 10.6 Å². The number of likely N-dealkylation sites (tertiary alicyclic amines) is 2. The molecular formula is C66H106N4O15. The summed E-state index contributed by atoms with van der Waals surface area (Å²) < 4.78 is 27.3. The van der Waals surface area contributed by atoms with Crippen LogP contribution in [0.25, 0.3) is 0 Å². The molecule has 19 heteroatoms. The van der Waals surface area contributed by atoms with Crippen molar-refractivity contribution in [1.82, 2.24) is 20.4 Å². The molecule has 85 heavy (non-hydrogen) atoms. The monoisotopic (exact) mass is 1190 g/mol. The van der Waals surface area contributed by atoms with Crippen molar-refractivity contribution in [1.29, 1.82) is 0 Å². The van der Waals surface area contributed by atoms with Crippen molar-refractivity contribution in [3.63, 3.8) is 0 Å². The lowest BCUT2D eigenvalue weighted by atomic mass is 9.86. The number of nitrogens with zero attached hydrogens (tertiary/aromatic N) is 2. The second-order valence-electron chi connectivity index (χ2n) is 24.1. The number of hydrogen-bond donors (Lipinski definition) is 5. The van der Waals surface area contributed by atoms with Gasteiger partial charge in [-0.05, 0) is 89.5 Å². The van der Waals surface area contributed by atoms with E-state index in [9.17, 15) is 48.9 Å². The number of benzene rings is 2. The van der Waals surface area contributed by atoms with Gasteiger partial charge in [0.05, 0.1) is 0 Å². The summed E-state index contributed by atoms with van der Waals surface area (Å²) in [6.45, 7) is 26.2. The number of nitrogens with one attached hydrogen (secondary N) is 2. The van der Waals surface area contributed by atoms with Crippen molar-refractivity contribution >= 4 is 41.5 Å². The van der Waals surface area contributed by atoms with Gasteiger partial charge in [0.25, 0.3) is 11.8 Å². The van der Waals surface area contributed by atoms with Crippen LogP contribution in [0.15, 0.2) is 72.8 Å². The molecule has 4 rings (SSSR count). The molecule has 2 aliphatic heterocycles. The summed E-state index contributed by atoms with van der Waals surface area (Å²) >= 11 is 0. The molecule has 4 amide bonds. The number of carbonyl (C=O) groups excluding carboxylic acids is 7. The summed E-state index contributed by atoms with van der Waals surface area (Å²) in [5, 5.41) is 36.8. The second-order valence-corrected chi connectivity index (χ2v) is 24.1. The first-order valence-corrected chi connectivity index (χ1v) is 29.3. The highest BCUT2D eigenvalue weighted by Gasteiger charge is 2.45. The molecule has 19 nitrogen and oxygen atoms in total. The number of allylic oxidation sites excluding steroid dienone is 2. The summed E-state index contributed by atoms with van der Waals surface area (Å²) in [5.41, 5.74) is 4.45. The van der Waals surface area contributed by atoms with Gasteiger partial charge in [-0.25, -0.2) is 0 Å². The Kier molecular flexibility index (Phi) is 33.4. The third kappa shape index (κ3) is 25.1. The molecule has 0 radical (unpaired) electrons. The van der Waals surface area contributed by atoms with E-state index >= 15 is 0 Å². The van der Waals surface area contributed by atoms with Crippen molar-refractivity contribution in [3.8, 4) is 0 Å². The molecule has 5 N–H and O–H groups in total. The molecule has 2 aromatic carbocycles. The number of rotatable bonds is 25. The Hall–Kier alpha value is -5.99. The van der Waals surface area contributed by atoms with Gasteiger partial charge in [0.1, 0.15) is 30.4 Å². The molecule has 0 spiro atoms. The Morgan fingerprint density at radius 1 is 0.565 bits per heavy atom. The molecule has 12 atom stereocenters. The van der Waals surface area contributed by atoms with Crippen LogP contribution in [0.3, 0.4) is 0 Å². The molecule has 2 aromatic rings. The molecule has 2 heterocycles. The fourth-order valence-corrected chi connectivity index (χ4v) is 9.54. The molecular weight excluding hydrogens is 1090 g/mol. The van der Waals surface area contributed by atoms with Crippen LogP contribution in [0.4, 0.5) is 0 Å². The number of aliphatic hydroxyl groups is 3.